The van der Waals surface area contributed by atoms with Gasteiger partial charge in [-0.3, -0.25) is 0 Å². The highest BCUT2D eigenvalue weighted by Gasteiger charge is 2.16. The number of benzene rings is 1. The van der Waals surface area contributed by atoms with Crippen LogP contribution in [0, 0.1) is 0 Å². The Morgan fingerprint density at radius 3 is 2.53 bits per heavy atom. The molecule has 0 radical (unpaired) electrons. The number of thiophene rings is 1. The second-order valence-corrected chi connectivity index (χ2v) is 5.10. The van der Waals surface area contributed by atoms with Crippen LogP contribution in [0.4, 0.5) is 0 Å². The zero-order valence-electron chi connectivity index (χ0n) is 9.96. The minimum absolute atomic E-state index is 0.103. The molecule has 0 aliphatic carbocycles. The maximum absolute atomic E-state index is 10.3. The largest absolute Gasteiger partial charge is 0.491 e. The molecule has 1 N–H and O–H groups in total. The maximum atomic E-state index is 10.3. The van der Waals surface area contributed by atoms with E-state index in [1.807, 2.05) is 55.6 Å². The van der Waals surface area contributed by atoms with Crippen LogP contribution in [-0.4, -0.2) is 11.2 Å². The summed E-state index contributed by atoms with van der Waals surface area (Å²) in [5.41, 5.74) is 0.823. The summed E-state index contributed by atoms with van der Waals surface area (Å²) in [6.07, 6.45) is -0.503. The Morgan fingerprint density at radius 1 is 1.12 bits per heavy atom. The normalized spacial score (nSPS) is 12.7. The van der Waals surface area contributed by atoms with E-state index in [9.17, 15) is 5.11 Å². The summed E-state index contributed by atoms with van der Waals surface area (Å²) in [5, 5.41) is 12.3. The van der Waals surface area contributed by atoms with Gasteiger partial charge < -0.3 is 9.84 Å². The average molecular weight is 248 g/mol. The van der Waals surface area contributed by atoms with Gasteiger partial charge in [0.25, 0.3) is 0 Å². The van der Waals surface area contributed by atoms with E-state index in [0.29, 0.717) is 0 Å². The van der Waals surface area contributed by atoms with Gasteiger partial charge in [-0.1, -0.05) is 24.3 Å². The molecule has 0 aliphatic rings. The summed E-state index contributed by atoms with van der Waals surface area (Å²) in [5.74, 6) is 0.753. The van der Waals surface area contributed by atoms with Crippen LogP contribution in [0.15, 0.2) is 41.8 Å². The van der Waals surface area contributed by atoms with Gasteiger partial charge in [-0.15, -0.1) is 11.3 Å². The molecule has 2 nitrogen and oxygen atoms in total. The van der Waals surface area contributed by atoms with E-state index in [4.69, 9.17) is 4.74 Å². The Kier molecular flexibility index (Phi) is 3.82. The van der Waals surface area contributed by atoms with E-state index in [1.165, 1.54) is 0 Å². The van der Waals surface area contributed by atoms with Crippen molar-refractivity contribution >= 4 is 11.3 Å². The fourth-order valence-electron chi connectivity index (χ4n) is 1.67. The first-order valence-corrected chi connectivity index (χ1v) is 6.53. The number of hydrogen-bond acceptors (Lipinski definition) is 3. The van der Waals surface area contributed by atoms with Crippen LogP contribution in [0.2, 0.25) is 0 Å². The molecule has 1 unspecified atom stereocenters. The molecule has 2 rings (SSSR count). The van der Waals surface area contributed by atoms with E-state index in [2.05, 4.69) is 0 Å². The third kappa shape index (κ3) is 2.87. The lowest BCUT2D eigenvalue weighted by atomic mass is 10.1. The van der Waals surface area contributed by atoms with Crippen LogP contribution < -0.4 is 4.74 Å². The minimum Gasteiger partial charge on any atom is -0.491 e. The zero-order valence-corrected chi connectivity index (χ0v) is 10.8. The van der Waals surface area contributed by atoms with Crippen LogP contribution in [0.1, 0.15) is 30.4 Å². The second-order valence-electron chi connectivity index (χ2n) is 4.12. The Hall–Kier alpha value is -1.32. The number of aliphatic hydroxyl groups is 1. The molecule has 90 valence electrons. The van der Waals surface area contributed by atoms with Gasteiger partial charge in [-0.2, -0.15) is 0 Å². The summed E-state index contributed by atoms with van der Waals surface area (Å²) in [4.78, 5) is 0.935. The predicted molar refractivity (Wildman–Crippen MR) is 70.6 cm³/mol. The fraction of sp³-hybridized carbons (Fsp3) is 0.286. The number of ether oxygens (including phenoxy) is 1. The number of hydrogen-bond donors (Lipinski definition) is 1. The van der Waals surface area contributed by atoms with Crippen molar-refractivity contribution in [2.24, 2.45) is 0 Å². The number of rotatable bonds is 4. The summed E-state index contributed by atoms with van der Waals surface area (Å²) in [7, 11) is 0. The topological polar surface area (TPSA) is 29.5 Å². The number of aliphatic hydroxyl groups excluding tert-OH is 1. The third-order valence-electron chi connectivity index (χ3n) is 2.39. The fourth-order valence-corrected chi connectivity index (χ4v) is 2.40. The van der Waals surface area contributed by atoms with Gasteiger partial charge in [0.1, 0.15) is 11.9 Å². The highest BCUT2D eigenvalue weighted by atomic mass is 32.1. The lowest BCUT2D eigenvalue weighted by molar-refractivity contribution is 0.200. The summed E-state index contributed by atoms with van der Waals surface area (Å²) >= 11 is 1.55. The molecule has 0 fully saturated rings. The molecular formula is C14H16O2S. The molecule has 3 heteroatoms. The Labute approximate surface area is 105 Å². The molecule has 1 aromatic carbocycles. The van der Waals surface area contributed by atoms with Crippen molar-refractivity contribution in [3.8, 4) is 5.75 Å². The average Bonchev–Trinajstić information content (AvgIpc) is 2.81. The molecule has 0 spiro atoms. The smallest absolute Gasteiger partial charge is 0.125 e. The van der Waals surface area contributed by atoms with Gasteiger partial charge in [0.2, 0.25) is 0 Å². The van der Waals surface area contributed by atoms with Crippen LogP contribution in [0.3, 0.4) is 0 Å². The summed E-state index contributed by atoms with van der Waals surface area (Å²) < 4.78 is 5.71. The van der Waals surface area contributed by atoms with Crippen LogP contribution in [0.25, 0.3) is 0 Å². The molecule has 1 heterocycles. The highest BCUT2D eigenvalue weighted by molar-refractivity contribution is 7.10. The molecule has 0 bridgehead atoms. The highest BCUT2D eigenvalue weighted by Crippen LogP contribution is 2.32. The quantitative estimate of drug-likeness (QED) is 0.895. The first-order valence-electron chi connectivity index (χ1n) is 5.65. The van der Waals surface area contributed by atoms with E-state index in [1.54, 1.807) is 11.3 Å². The molecule has 0 amide bonds. The Bertz CT molecular complexity index is 463. The first-order chi connectivity index (χ1) is 8.18. The molecule has 1 aromatic heterocycles. The van der Waals surface area contributed by atoms with Crippen LogP contribution >= 0.6 is 11.3 Å². The van der Waals surface area contributed by atoms with E-state index in [-0.39, 0.29) is 6.10 Å². The second kappa shape index (κ2) is 5.34. The molecule has 0 saturated carbocycles. The van der Waals surface area contributed by atoms with E-state index >= 15 is 0 Å². The van der Waals surface area contributed by atoms with Gasteiger partial charge in [0, 0.05) is 10.4 Å². The van der Waals surface area contributed by atoms with Crippen molar-refractivity contribution in [3.05, 3.63) is 52.2 Å². The third-order valence-corrected chi connectivity index (χ3v) is 3.31. The minimum atomic E-state index is -0.607. The van der Waals surface area contributed by atoms with Crippen molar-refractivity contribution in [2.45, 2.75) is 26.1 Å². The van der Waals surface area contributed by atoms with E-state index in [0.717, 1.165) is 16.2 Å². The lowest BCUT2D eigenvalue weighted by Crippen LogP contribution is -2.09. The van der Waals surface area contributed by atoms with Crippen molar-refractivity contribution in [1.82, 2.24) is 0 Å². The van der Waals surface area contributed by atoms with Gasteiger partial charge in [-0.25, -0.2) is 0 Å². The monoisotopic (exact) mass is 248 g/mol. The van der Waals surface area contributed by atoms with Crippen molar-refractivity contribution in [3.63, 3.8) is 0 Å². The molecule has 0 saturated heterocycles. The molecule has 0 aliphatic heterocycles. The molecule has 2 aromatic rings. The Morgan fingerprint density at radius 2 is 1.88 bits per heavy atom. The van der Waals surface area contributed by atoms with Gasteiger partial charge in [0.15, 0.2) is 0 Å². The van der Waals surface area contributed by atoms with Gasteiger partial charge in [-0.05, 0) is 31.4 Å². The molecule has 1 atom stereocenters. The van der Waals surface area contributed by atoms with Crippen molar-refractivity contribution in [2.75, 3.05) is 0 Å². The first kappa shape index (κ1) is 12.1. The Balaban J connectivity index is 2.31. The van der Waals surface area contributed by atoms with Gasteiger partial charge >= 0.3 is 0 Å². The molecule has 17 heavy (non-hydrogen) atoms. The van der Waals surface area contributed by atoms with E-state index < -0.39 is 6.10 Å². The lowest BCUT2D eigenvalue weighted by Gasteiger charge is -2.17. The maximum Gasteiger partial charge on any atom is 0.125 e. The van der Waals surface area contributed by atoms with Crippen LogP contribution in [0.5, 0.6) is 5.75 Å². The van der Waals surface area contributed by atoms with Crippen molar-refractivity contribution in [1.29, 1.82) is 0 Å². The molecular weight excluding hydrogens is 232 g/mol. The van der Waals surface area contributed by atoms with Crippen molar-refractivity contribution < 1.29 is 9.84 Å². The number of para-hydroxylation sites is 1. The zero-order chi connectivity index (χ0) is 12.3. The van der Waals surface area contributed by atoms with Gasteiger partial charge in [0.05, 0.1) is 6.10 Å². The van der Waals surface area contributed by atoms with Crippen LogP contribution in [-0.2, 0) is 0 Å². The standard InChI is InChI=1S/C14H16O2S/c1-10(2)16-12-7-4-3-6-11(12)14(15)13-8-5-9-17-13/h3-10,14-15H,1-2H3. The predicted octanol–water partition coefficient (Wildman–Crippen LogP) is 3.62. The summed E-state index contributed by atoms with van der Waals surface area (Å²) in [6, 6.07) is 11.5. The SMILES string of the molecule is CC(C)Oc1ccccc1C(O)c1cccs1. The summed E-state index contributed by atoms with van der Waals surface area (Å²) in [6.45, 7) is 3.96.